The van der Waals surface area contributed by atoms with Gasteiger partial charge in [0.2, 0.25) is 0 Å². The lowest BCUT2D eigenvalue weighted by molar-refractivity contribution is 0.102. The summed E-state index contributed by atoms with van der Waals surface area (Å²) < 4.78 is 5.84. The first-order valence-corrected chi connectivity index (χ1v) is 11.1. The Hall–Kier alpha value is -3.37. The second-order valence-electron chi connectivity index (χ2n) is 7.29. The van der Waals surface area contributed by atoms with E-state index >= 15 is 0 Å². The third-order valence-corrected chi connectivity index (χ3v) is 5.25. The summed E-state index contributed by atoms with van der Waals surface area (Å²) in [6, 6.07) is 16.6. The van der Waals surface area contributed by atoms with Gasteiger partial charge in [-0.1, -0.05) is 32.0 Å². The summed E-state index contributed by atoms with van der Waals surface area (Å²) >= 11 is 1.43. The molecular formula is C24H24N4O2S. The number of nitrogens with one attached hydrogen (secondary N) is 1. The molecule has 3 aromatic rings. The number of benzene rings is 2. The molecule has 1 N–H and O–H groups in total. The van der Waals surface area contributed by atoms with Crippen molar-refractivity contribution in [2.24, 2.45) is 0 Å². The number of hydrogen-bond acceptors (Lipinski definition) is 6. The van der Waals surface area contributed by atoms with Gasteiger partial charge < -0.3 is 10.1 Å². The first kappa shape index (κ1) is 22.3. The van der Waals surface area contributed by atoms with Crippen molar-refractivity contribution in [3.05, 3.63) is 76.7 Å². The van der Waals surface area contributed by atoms with E-state index in [0.717, 1.165) is 11.4 Å². The van der Waals surface area contributed by atoms with E-state index in [9.17, 15) is 4.79 Å². The zero-order chi connectivity index (χ0) is 22.4. The molecule has 0 saturated carbocycles. The second kappa shape index (κ2) is 10.1. The van der Waals surface area contributed by atoms with Gasteiger partial charge in [0.15, 0.2) is 0 Å². The van der Waals surface area contributed by atoms with Crippen LogP contribution < -0.4 is 10.1 Å². The Morgan fingerprint density at radius 2 is 1.97 bits per heavy atom. The number of nitrogens with zero attached hydrogens (tertiary/aromatic N) is 3. The van der Waals surface area contributed by atoms with E-state index in [4.69, 9.17) is 10.00 Å². The minimum Gasteiger partial charge on any atom is -0.489 e. The van der Waals surface area contributed by atoms with Crippen LogP contribution in [0.4, 0.5) is 5.69 Å². The molecule has 31 heavy (non-hydrogen) atoms. The van der Waals surface area contributed by atoms with Crippen LogP contribution in [0.3, 0.4) is 0 Å². The zero-order valence-electron chi connectivity index (χ0n) is 18.0. The summed E-state index contributed by atoms with van der Waals surface area (Å²) in [6.45, 7) is 6.21. The topological polar surface area (TPSA) is 87.9 Å². The fourth-order valence-electron chi connectivity index (χ4n) is 2.99. The van der Waals surface area contributed by atoms with Crippen LogP contribution in [0.2, 0.25) is 0 Å². The summed E-state index contributed by atoms with van der Waals surface area (Å²) in [6.07, 6.45) is 1.90. The van der Waals surface area contributed by atoms with Crippen molar-refractivity contribution in [2.45, 2.75) is 38.3 Å². The lowest BCUT2D eigenvalue weighted by atomic mass is 10.1. The normalized spacial score (nSPS) is 10.6. The predicted molar refractivity (Wildman–Crippen MR) is 123 cm³/mol. The molecule has 0 unspecified atom stereocenters. The molecule has 0 bridgehead atoms. The third kappa shape index (κ3) is 5.62. The largest absolute Gasteiger partial charge is 0.489 e. The summed E-state index contributed by atoms with van der Waals surface area (Å²) in [5, 5.41) is 12.6. The number of carbonyl (C=O) groups is 1. The lowest BCUT2D eigenvalue weighted by Gasteiger charge is -2.14. The van der Waals surface area contributed by atoms with Crippen molar-refractivity contribution in [1.29, 1.82) is 5.26 Å². The van der Waals surface area contributed by atoms with Gasteiger partial charge in [-0.2, -0.15) is 5.26 Å². The van der Waals surface area contributed by atoms with Gasteiger partial charge in [0.25, 0.3) is 5.91 Å². The minimum absolute atomic E-state index is 0.185. The highest BCUT2D eigenvalue weighted by atomic mass is 32.2. The monoisotopic (exact) mass is 432 g/mol. The highest BCUT2D eigenvalue weighted by Crippen LogP contribution is 2.25. The molecule has 0 saturated heterocycles. The van der Waals surface area contributed by atoms with Crippen LogP contribution in [0, 0.1) is 18.3 Å². The Labute approximate surface area is 186 Å². The molecule has 3 rings (SSSR count). The fourth-order valence-corrected chi connectivity index (χ4v) is 3.62. The Morgan fingerprint density at radius 3 is 2.68 bits per heavy atom. The van der Waals surface area contributed by atoms with E-state index in [1.165, 1.54) is 11.8 Å². The highest BCUT2D eigenvalue weighted by molar-refractivity contribution is 7.98. The number of hydrogen-bond donors (Lipinski definition) is 1. The van der Waals surface area contributed by atoms with Gasteiger partial charge in [-0.25, -0.2) is 9.97 Å². The molecule has 0 fully saturated rings. The number of thioether (sulfide) groups is 1. The smallest absolute Gasteiger partial charge is 0.260 e. The number of aromatic nitrogens is 2. The first-order valence-electron chi connectivity index (χ1n) is 9.87. The Bertz CT molecular complexity index is 1140. The number of nitriles is 1. The summed E-state index contributed by atoms with van der Waals surface area (Å²) in [5.41, 5.74) is 3.25. The quantitative estimate of drug-likeness (QED) is 0.401. The van der Waals surface area contributed by atoms with Gasteiger partial charge in [-0.3, -0.25) is 4.79 Å². The predicted octanol–water partition coefficient (Wildman–Crippen LogP) is 5.33. The Morgan fingerprint density at radius 1 is 1.19 bits per heavy atom. The molecule has 6 nitrogen and oxygen atoms in total. The van der Waals surface area contributed by atoms with Gasteiger partial charge in [0, 0.05) is 17.7 Å². The van der Waals surface area contributed by atoms with E-state index in [-0.39, 0.29) is 11.8 Å². The van der Waals surface area contributed by atoms with Crippen LogP contribution >= 0.6 is 11.8 Å². The van der Waals surface area contributed by atoms with Crippen LogP contribution in [-0.2, 0) is 6.61 Å². The van der Waals surface area contributed by atoms with Gasteiger partial charge in [0.05, 0.1) is 22.9 Å². The zero-order valence-corrected chi connectivity index (χ0v) is 18.8. The molecule has 1 amide bonds. The van der Waals surface area contributed by atoms with E-state index < -0.39 is 0 Å². The molecular weight excluding hydrogens is 408 g/mol. The number of ether oxygens (including phenoxy) is 1. The Kier molecular flexibility index (Phi) is 7.27. The fraction of sp³-hybridized carbons (Fsp3) is 0.250. The van der Waals surface area contributed by atoms with Crippen molar-refractivity contribution < 1.29 is 9.53 Å². The van der Waals surface area contributed by atoms with Gasteiger partial charge in [0.1, 0.15) is 23.2 Å². The van der Waals surface area contributed by atoms with Crippen LogP contribution in [0.25, 0.3) is 0 Å². The van der Waals surface area contributed by atoms with E-state index in [2.05, 4.69) is 21.4 Å². The van der Waals surface area contributed by atoms with Crippen LogP contribution in [0.1, 0.15) is 52.8 Å². The number of amides is 1. The standard InChI is InChI=1S/C24H24N4O2S/c1-15(2)22-26-16(3)21(24(28-22)31-4)23(29)27-19-9-6-10-20(12-19)30-14-18-8-5-7-17(11-18)13-25/h5-12,15H,14H2,1-4H3,(H,27,29). The third-order valence-electron chi connectivity index (χ3n) is 4.56. The number of carbonyl (C=O) groups excluding carboxylic acids is 1. The van der Waals surface area contributed by atoms with Crippen molar-refractivity contribution in [1.82, 2.24) is 9.97 Å². The lowest BCUT2D eigenvalue weighted by Crippen LogP contribution is -2.17. The SMILES string of the molecule is CSc1nc(C(C)C)nc(C)c1C(=O)Nc1cccc(OCc2cccc(C#N)c2)c1. The van der Waals surface area contributed by atoms with Gasteiger partial charge in [-0.15, -0.1) is 11.8 Å². The molecule has 2 aromatic carbocycles. The maximum atomic E-state index is 13.0. The Balaban J connectivity index is 1.75. The molecule has 0 aliphatic carbocycles. The molecule has 0 radical (unpaired) electrons. The molecule has 0 spiro atoms. The van der Waals surface area contributed by atoms with E-state index in [0.29, 0.717) is 39.9 Å². The van der Waals surface area contributed by atoms with Crippen LogP contribution in [0.5, 0.6) is 5.75 Å². The number of rotatable bonds is 7. The molecule has 158 valence electrons. The molecule has 0 aliphatic rings. The van der Waals surface area contributed by atoms with Crippen molar-refractivity contribution in [3.63, 3.8) is 0 Å². The van der Waals surface area contributed by atoms with Crippen molar-refractivity contribution >= 4 is 23.4 Å². The van der Waals surface area contributed by atoms with Crippen molar-refractivity contribution in [3.8, 4) is 11.8 Å². The molecule has 0 atom stereocenters. The molecule has 7 heteroatoms. The summed E-state index contributed by atoms with van der Waals surface area (Å²) in [5.74, 6) is 1.28. The molecule has 0 aliphatic heterocycles. The second-order valence-corrected chi connectivity index (χ2v) is 8.08. The summed E-state index contributed by atoms with van der Waals surface area (Å²) in [7, 11) is 0. The average molecular weight is 433 g/mol. The average Bonchev–Trinajstić information content (AvgIpc) is 2.77. The van der Waals surface area contributed by atoms with E-state index in [1.807, 2.05) is 51.3 Å². The van der Waals surface area contributed by atoms with Crippen LogP contribution in [-0.4, -0.2) is 22.1 Å². The molecule has 1 heterocycles. The molecule has 1 aromatic heterocycles. The van der Waals surface area contributed by atoms with Gasteiger partial charge in [-0.05, 0) is 43.0 Å². The number of anilines is 1. The maximum absolute atomic E-state index is 13.0. The van der Waals surface area contributed by atoms with E-state index in [1.54, 1.807) is 24.3 Å². The first-order chi connectivity index (χ1) is 14.9. The summed E-state index contributed by atoms with van der Waals surface area (Å²) in [4.78, 5) is 22.0. The van der Waals surface area contributed by atoms with Crippen LogP contribution in [0.15, 0.2) is 53.6 Å². The minimum atomic E-state index is -0.254. The maximum Gasteiger partial charge on any atom is 0.260 e. The number of aryl methyl sites for hydroxylation is 1. The van der Waals surface area contributed by atoms with Crippen molar-refractivity contribution in [2.75, 3.05) is 11.6 Å². The van der Waals surface area contributed by atoms with Gasteiger partial charge >= 0.3 is 0 Å². The highest BCUT2D eigenvalue weighted by Gasteiger charge is 2.19.